The summed E-state index contributed by atoms with van der Waals surface area (Å²) < 4.78 is 0. The van der Waals surface area contributed by atoms with Gasteiger partial charge in [-0.1, -0.05) is 24.8 Å². The second-order valence-corrected chi connectivity index (χ2v) is 9.19. The van der Waals surface area contributed by atoms with Crippen LogP contribution in [0.4, 0.5) is 5.69 Å². The van der Waals surface area contributed by atoms with Gasteiger partial charge in [0, 0.05) is 29.8 Å². The normalized spacial score (nSPS) is 15.2. The number of likely N-dealkylation sites (tertiary alicyclic amines) is 1. The quantitative estimate of drug-likeness (QED) is 0.437. The summed E-state index contributed by atoms with van der Waals surface area (Å²) in [5.41, 5.74) is 6.69. The number of aryl methyl sites for hydroxylation is 1. The van der Waals surface area contributed by atoms with E-state index in [4.69, 9.17) is 5.11 Å². The van der Waals surface area contributed by atoms with E-state index in [-0.39, 0.29) is 12.2 Å². The molecule has 1 aliphatic rings. The smallest absolute Gasteiger partial charge is 0.257 e. The highest BCUT2D eigenvalue weighted by Crippen LogP contribution is 2.29. The fourth-order valence-electron chi connectivity index (χ4n) is 4.70. The lowest BCUT2D eigenvalue weighted by atomic mass is 9.89. The lowest BCUT2D eigenvalue weighted by Crippen LogP contribution is -2.34. The first-order chi connectivity index (χ1) is 16.9. The van der Waals surface area contributed by atoms with Crippen LogP contribution in [0.3, 0.4) is 0 Å². The predicted molar refractivity (Wildman–Crippen MR) is 144 cm³/mol. The summed E-state index contributed by atoms with van der Waals surface area (Å²) in [5, 5.41) is 12.5. The van der Waals surface area contributed by atoms with E-state index in [0.29, 0.717) is 17.2 Å². The van der Waals surface area contributed by atoms with Crippen LogP contribution in [0.2, 0.25) is 0 Å². The molecule has 3 N–H and O–H groups in total. The number of β-amino-alcohol motifs (C(OH)–C–C–N with tert-alkyl or cyclic N) is 1. The van der Waals surface area contributed by atoms with Gasteiger partial charge in [0.05, 0.1) is 17.9 Å². The van der Waals surface area contributed by atoms with Crippen LogP contribution in [-0.4, -0.2) is 46.2 Å². The Bertz CT molecular complexity index is 1250. The molecule has 1 saturated heterocycles. The second kappa shape index (κ2) is 11.3. The number of nitrogens with one attached hydrogen (secondary N) is 2. The fourth-order valence-corrected chi connectivity index (χ4v) is 4.70. The number of hydrogen-bond donors (Lipinski definition) is 3. The minimum absolute atomic E-state index is 0.187. The van der Waals surface area contributed by atoms with Crippen molar-refractivity contribution >= 4 is 23.0 Å². The van der Waals surface area contributed by atoms with Gasteiger partial charge in [-0.3, -0.25) is 9.78 Å². The molecule has 0 aliphatic carbocycles. The zero-order valence-corrected chi connectivity index (χ0v) is 20.6. The molecule has 0 bridgehead atoms. The molecule has 0 saturated carbocycles. The van der Waals surface area contributed by atoms with Gasteiger partial charge >= 0.3 is 0 Å². The number of benzene rings is 1. The Morgan fingerprint density at radius 3 is 2.63 bits per heavy atom. The molecule has 0 amide bonds. The second-order valence-electron chi connectivity index (χ2n) is 9.19. The average Bonchev–Trinajstić information content (AvgIpc) is 2.85. The third-order valence-electron chi connectivity index (χ3n) is 6.64. The summed E-state index contributed by atoms with van der Waals surface area (Å²) in [4.78, 5) is 22.4. The Kier molecular flexibility index (Phi) is 7.95. The van der Waals surface area contributed by atoms with Crippen molar-refractivity contribution in [3.8, 4) is 0 Å². The standard InChI is InChI=1S/C29H34N4O2/c1-20(27-6-4-5-21(2)31-27)19-25-11-14-30-29(35)28(25)22(3)32-26-9-7-23(8-10-26)24-12-15-33(16-13-24)17-18-34/h4-11,14,19,24,32,34H,3,12-13,15-18H2,1-2H3,(H,30,35)/b20-19+. The number of nitrogens with zero attached hydrogens (tertiary/aromatic N) is 2. The van der Waals surface area contributed by atoms with Crippen LogP contribution in [0, 0.1) is 6.92 Å². The molecule has 6 nitrogen and oxygen atoms in total. The van der Waals surface area contributed by atoms with Crippen LogP contribution in [0.1, 0.15) is 53.8 Å². The molecule has 3 heterocycles. The number of aromatic amines is 1. The SMILES string of the molecule is C=C(Nc1ccc(C2CCN(CCO)CC2)cc1)c1c(/C=C(\C)c2cccc(C)n2)cc[nH]c1=O. The molecule has 0 spiro atoms. The number of allylic oxidation sites excluding steroid dienone is 1. The Balaban J connectivity index is 1.49. The van der Waals surface area contributed by atoms with Crippen LogP contribution in [-0.2, 0) is 0 Å². The van der Waals surface area contributed by atoms with Gasteiger partial charge in [-0.2, -0.15) is 0 Å². The molecular weight excluding hydrogens is 436 g/mol. The van der Waals surface area contributed by atoms with Gasteiger partial charge in [0.25, 0.3) is 5.56 Å². The molecule has 3 aromatic rings. The third kappa shape index (κ3) is 6.15. The van der Waals surface area contributed by atoms with E-state index in [1.165, 1.54) is 5.56 Å². The zero-order chi connectivity index (χ0) is 24.8. The van der Waals surface area contributed by atoms with Crippen molar-refractivity contribution < 1.29 is 5.11 Å². The van der Waals surface area contributed by atoms with E-state index in [0.717, 1.165) is 60.7 Å². The zero-order valence-electron chi connectivity index (χ0n) is 20.6. The number of H-pyrrole nitrogens is 1. The predicted octanol–water partition coefficient (Wildman–Crippen LogP) is 4.89. The van der Waals surface area contributed by atoms with Gasteiger partial charge in [0.1, 0.15) is 0 Å². The topological polar surface area (TPSA) is 81.2 Å². The van der Waals surface area contributed by atoms with Gasteiger partial charge in [0.15, 0.2) is 0 Å². The van der Waals surface area contributed by atoms with Gasteiger partial charge < -0.3 is 20.3 Å². The first-order valence-electron chi connectivity index (χ1n) is 12.2. The number of aliphatic hydroxyl groups excluding tert-OH is 1. The summed E-state index contributed by atoms with van der Waals surface area (Å²) in [5.74, 6) is 0.536. The average molecular weight is 471 g/mol. The molecule has 1 aromatic carbocycles. The van der Waals surface area contributed by atoms with Gasteiger partial charge in [-0.25, -0.2) is 0 Å². The van der Waals surface area contributed by atoms with Crippen molar-refractivity contribution in [2.75, 3.05) is 31.6 Å². The molecular formula is C29H34N4O2. The van der Waals surface area contributed by atoms with Crippen LogP contribution in [0.5, 0.6) is 0 Å². The molecule has 2 aromatic heterocycles. The van der Waals surface area contributed by atoms with Crippen molar-refractivity contribution in [2.45, 2.75) is 32.6 Å². The van der Waals surface area contributed by atoms with E-state index in [2.05, 4.69) is 51.0 Å². The third-order valence-corrected chi connectivity index (χ3v) is 6.64. The minimum atomic E-state index is -0.187. The van der Waals surface area contributed by atoms with E-state index in [9.17, 15) is 4.79 Å². The lowest BCUT2D eigenvalue weighted by Gasteiger charge is -2.31. The molecule has 6 heteroatoms. The van der Waals surface area contributed by atoms with Crippen molar-refractivity contribution in [1.82, 2.24) is 14.9 Å². The molecule has 0 radical (unpaired) electrons. The van der Waals surface area contributed by atoms with E-state index in [1.54, 1.807) is 6.20 Å². The number of anilines is 1. The Hall–Kier alpha value is -3.48. The summed E-state index contributed by atoms with van der Waals surface area (Å²) in [6.07, 6.45) is 5.83. The first-order valence-corrected chi connectivity index (χ1v) is 12.2. The van der Waals surface area contributed by atoms with Crippen molar-refractivity contribution in [3.63, 3.8) is 0 Å². The maximum Gasteiger partial charge on any atom is 0.257 e. The molecule has 1 fully saturated rings. The number of rotatable bonds is 8. The lowest BCUT2D eigenvalue weighted by molar-refractivity contribution is 0.164. The van der Waals surface area contributed by atoms with Crippen molar-refractivity contribution in [3.05, 3.63) is 99.7 Å². The maximum atomic E-state index is 12.8. The number of aliphatic hydroxyl groups is 1. The molecule has 35 heavy (non-hydrogen) atoms. The van der Waals surface area contributed by atoms with Crippen LogP contribution < -0.4 is 10.9 Å². The number of piperidine rings is 1. The molecule has 0 unspecified atom stereocenters. The minimum Gasteiger partial charge on any atom is -0.395 e. The number of hydrogen-bond acceptors (Lipinski definition) is 5. The Morgan fingerprint density at radius 2 is 1.94 bits per heavy atom. The van der Waals surface area contributed by atoms with E-state index < -0.39 is 0 Å². The Labute approximate surface area is 207 Å². The van der Waals surface area contributed by atoms with Crippen molar-refractivity contribution in [2.24, 2.45) is 0 Å². The summed E-state index contributed by atoms with van der Waals surface area (Å²) >= 11 is 0. The van der Waals surface area contributed by atoms with Crippen molar-refractivity contribution in [1.29, 1.82) is 0 Å². The van der Waals surface area contributed by atoms with E-state index in [1.807, 2.05) is 44.2 Å². The summed E-state index contributed by atoms with van der Waals surface area (Å²) in [6.45, 7) is 11.2. The summed E-state index contributed by atoms with van der Waals surface area (Å²) in [7, 11) is 0. The fraction of sp³-hybridized carbons (Fsp3) is 0.310. The highest BCUT2D eigenvalue weighted by molar-refractivity contribution is 5.86. The molecule has 4 rings (SSSR count). The van der Waals surface area contributed by atoms with E-state index >= 15 is 0 Å². The first kappa shape index (κ1) is 24.6. The van der Waals surface area contributed by atoms with Crippen LogP contribution in [0.25, 0.3) is 17.3 Å². The molecule has 182 valence electrons. The molecule has 1 aliphatic heterocycles. The number of aromatic nitrogens is 2. The monoisotopic (exact) mass is 470 g/mol. The summed E-state index contributed by atoms with van der Waals surface area (Å²) in [6, 6.07) is 16.2. The van der Waals surface area contributed by atoms with Gasteiger partial charge in [0.2, 0.25) is 0 Å². The number of pyridine rings is 2. The highest BCUT2D eigenvalue weighted by Gasteiger charge is 2.20. The van der Waals surface area contributed by atoms with Crippen LogP contribution in [0.15, 0.2) is 66.1 Å². The highest BCUT2D eigenvalue weighted by atomic mass is 16.3. The van der Waals surface area contributed by atoms with Gasteiger partial charge in [-0.15, -0.1) is 0 Å². The van der Waals surface area contributed by atoms with Crippen LogP contribution >= 0.6 is 0 Å². The van der Waals surface area contributed by atoms with Gasteiger partial charge in [-0.05, 0) is 98.8 Å². The molecule has 0 atom stereocenters. The largest absolute Gasteiger partial charge is 0.395 e. The Morgan fingerprint density at radius 1 is 1.20 bits per heavy atom. The maximum absolute atomic E-state index is 12.8.